The van der Waals surface area contributed by atoms with E-state index in [0.717, 1.165) is 12.2 Å². The van der Waals surface area contributed by atoms with Crippen LogP contribution in [0.4, 0.5) is 17.3 Å². The standard InChI is InChI=1S/C7H9O.3CO.BF4.Fe/c1-8-7-5-3-2-4-6-7;3*1-2;2-1(3,4)5;/h2-3,5-6H,4H2,1H3;;;;;/q+1;;;;-1;. The summed E-state index contributed by atoms with van der Waals surface area (Å²) in [7, 11) is -4.32. The molecule has 0 bridgehead atoms. The van der Waals surface area contributed by atoms with Gasteiger partial charge in [0.25, 0.3) is 0 Å². The summed E-state index contributed by atoms with van der Waals surface area (Å²) in [5.41, 5.74) is 0. The zero-order chi connectivity index (χ0) is 16.3. The van der Waals surface area contributed by atoms with E-state index in [0.29, 0.717) is 0 Å². The Bertz CT molecular complexity index is 290. The van der Waals surface area contributed by atoms with Gasteiger partial charge in [-0.15, -0.1) is 0 Å². The van der Waals surface area contributed by atoms with E-state index in [2.05, 4.69) is 26.0 Å². The maximum atomic E-state index is 9.75. The molecule has 0 amide bonds. The van der Waals surface area contributed by atoms with Crippen molar-refractivity contribution in [3.63, 3.8) is 0 Å². The van der Waals surface area contributed by atoms with Crippen LogP contribution in [0.1, 0.15) is 6.42 Å². The van der Waals surface area contributed by atoms with Crippen molar-refractivity contribution in [1.82, 2.24) is 0 Å². The molecule has 0 fully saturated rings. The number of hydrogen-bond donors (Lipinski definition) is 0. The fourth-order valence-electron chi connectivity index (χ4n) is 0.645. The first-order valence-corrected chi connectivity index (χ1v) is 4.16. The van der Waals surface area contributed by atoms with Crippen molar-refractivity contribution < 1.29 is 53.0 Å². The van der Waals surface area contributed by atoms with Crippen molar-refractivity contribution in [3.05, 3.63) is 50.4 Å². The van der Waals surface area contributed by atoms with E-state index in [-0.39, 0.29) is 17.1 Å². The van der Waals surface area contributed by atoms with E-state index in [1.807, 2.05) is 18.6 Å². The van der Waals surface area contributed by atoms with Gasteiger partial charge in [-0.05, 0) is 0 Å². The van der Waals surface area contributed by atoms with E-state index in [4.69, 9.17) is 18.7 Å². The number of methoxy groups -OCH3 is 1. The Balaban J connectivity index is -0.0000000550. The van der Waals surface area contributed by atoms with Crippen LogP contribution in [0.5, 0.6) is 0 Å². The molecule has 0 saturated carbocycles. The third-order valence-electron chi connectivity index (χ3n) is 1.09. The Morgan fingerprint density at radius 3 is 1.60 bits per heavy atom. The fraction of sp³-hybridized carbons (Fsp3) is 0.200. The van der Waals surface area contributed by atoms with Gasteiger partial charge in [0, 0.05) is 29.2 Å². The van der Waals surface area contributed by atoms with Crippen LogP contribution >= 0.6 is 0 Å². The quantitative estimate of drug-likeness (QED) is 0.314. The average Bonchev–Trinajstić information content (AvgIpc) is 2.44. The molecule has 0 aromatic heterocycles. The number of hydrogen-bond acceptors (Lipinski definition) is 1. The van der Waals surface area contributed by atoms with Gasteiger partial charge in [0.15, 0.2) is 0 Å². The number of ether oxygens (including phenoxy) is 1. The maximum absolute atomic E-state index is 9.75. The van der Waals surface area contributed by atoms with E-state index >= 15 is 0 Å². The van der Waals surface area contributed by atoms with Crippen molar-refractivity contribution in [2.75, 3.05) is 7.11 Å². The molecular formula is C10H9BF4FeO4. The van der Waals surface area contributed by atoms with Crippen molar-refractivity contribution in [3.8, 4) is 0 Å². The van der Waals surface area contributed by atoms with E-state index in [1.54, 1.807) is 7.11 Å². The van der Waals surface area contributed by atoms with Gasteiger partial charge in [-0.3, -0.25) is 0 Å². The van der Waals surface area contributed by atoms with Crippen molar-refractivity contribution >= 4 is 7.25 Å². The van der Waals surface area contributed by atoms with Gasteiger partial charge in [-0.25, -0.2) is 0 Å². The largest absolute Gasteiger partial charge is 0 e. The zero-order valence-electron chi connectivity index (χ0n) is 10.1. The molecule has 0 spiro atoms. The smallest absolute Gasteiger partial charge is 0 e. The van der Waals surface area contributed by atoms with Crippen LogP contribution in [0.2, 0.25) is 0 Å². The third kappa shape index (κ3) is 54.4. The first-order valence-electron chi connectivity index (χ1n) is 4.16. The van der Waals surface area contributed by atoms with Crippen molar-refractivity contribution in [2.45, 2.75) is 6.42 Å². The van der Waals surface area contributed by atoms with E-state index in [9.17, 15) is 17.3 Å². The van der Waals surface area contributed by atoms with Crippen LogP contribution < -0.4 is 0 Å². The van der Waals surface area contributed by atoms with Gasteiger partial charge in [-0.1, -0.05) is 0 Å². The molecule has 0 atom stereocenters. The predicted octanol–water partition coefficient (Wildman–Crippen LogP) is 2.87. The minimum absolute atomic E-state index is 0. The van der Waals surface area contributed by atoms with E-state index < -0.39 is 7.25 Å². The molecule has 1 aliphatic carbocycles. The van der Waals surface area contributed by atoms with Gasteiger partial charge in [0.1, 0.15) is 0 Å². The summed E-state index contributed by atoms with van der Waals surface area (Å²) in [5, 5.41) is 0. The molecule has 0 aromatic carbocycles. The first kappa shape index (κ1) is 31.2. The Kier molecular flexibility index (Phi) is 41.0. The average molecular weight is 336 g/mol. The molecule has 0 unspecified atom stereocenters. The topological polar surface area (TPSA) is 68.9 Å². The maximum Gasteiger partial charge on any atom is 0 e. The summed E-state index contributed by atoms with van der Waals surface area (Å²) >= 11 is 0. The molecule has 1 rings (SSSR count). The van der Waals surface area contributed by atoms with Gasteiger partial charge in [0.05, 0.1) is 26.0 Å². The fourth-order valence-corrected chi connectivity index (χ4v) is 0.645. The van der Waals surface area contributed by atoms with Gasteiger partial charge >= 0.3 is 41.2 Å². The Hall–Kier alpha value is -1.33. The van der Waals surface area contributed by atoms with Crippen molar-refractivity contribution in [2.24, 2.45) is 0 Å². The minimum Gasteiger partial charge on any atom is 0 e. The van der Waals surface area contributed by atoms with Crippen LogP contribution in [0.15, 0.2) is 24.0 Å². The normalized spacial score (nSPS) is 10.1. The molecule has 0 aromatic rings. The molecule has 0 aliphatic heterocycles. The van der Waals surface area contributed by atoms with Gasteiger partial charge in [-0.2, -0.15) is 0 Å². The van der Waals surface area contributed by atoms with Crippen molar-refractivity contribution in [1.29, 1.82) is 0 Å². The second-order valence-electron chi connectivity index (χ2n) is 2.14. The first-order chi connectivity index (χ1) is 8.93. The molecular weight excluding hydrogens is 327 g/mol. The summed E-state index contributed by atoms with van der Waals surface area (Å²) in [5.74, 6) is 0.965. The second kappa shape index (κ2) is 26.3. The van der Waals surface area contributed by atoms with Crippen LogP contribution in [0.25, 0.3) is 0 Å². The van der Waals surface area contributed by atoms with Crippen LogP contribution in [-0.4, -0.2) is 14.4 Å². The third-order valence-corrected chi connectivity index (χ3v) is 1.09. The summed E-state index contributed by atoms with van der Waals surface area (Å²) < 4.78 is 66.4. The summed E-state index contributed by atoms with van der Waals surface area (Å²) in [6, 6.07) is 0. The molecule has 0 radical (unpaired) electrons. The summed E-state index contributed by atoms with van der Waals surface area (Å²) in [6.45, 7) is 13.5. The SMILES string of the molecule is COC1=CCC=C[CH+]1.F[B-](F)(F)F.[C-]#[O+].[C-]#[O+].[C-]#[O+].[Fe]. The Morgan fingerprint density at radius 1 is 1.10 bits per heavy atom. The van der Waals surface area contributed by atoms with Crippen LogP contribution in [0.3, 0.4) is 0 Å². The number of allylic oxidation sites excluding steroid dienone is 3. The summed E-state index contributed by atoms with van der Waals surface area (Å²) in [6.07, 6.45) is 9.07. The monoisotopic (exact) mass is 336 g/mol. The molecule has 0 saturated heterocycles. The van der Waals surface area contributed by atoms with Gasteiger partial charge < -0.3 is 22.0 Å². The van der Waals surface area contributed by atoms with E-state index in [1.165, 1.54) is 0 Å². The molecule has 112 valence electrons. The molecule has 0 heterocycles. The number of rotatable bonds is 1. The second-order valence-corrected chi connectivity index (χ2v) is 2.14. The molecule has 0 N–H and O–H groups in total. The Labute approximate surface area is 125 Å². The summed E-state index contributed by atoms with van der Waals surface area (Å²) in [4.78, 5) is 0. The minimum atomic E-state index is -6.00. The predicted molar refractivity (Wildman–Crippen MR) is 55.1 cm³/mol. The zero-order valence-corrected chi connectivity index (χ0v) is 11.2. The molecule has 20 heavy (non-hydrogen) atoms. The van der Waals surface area contributed by atoms with Crippen LogP contribution in [0, 0.1) is 26.4 Å². The Morgan fingerprint density at radius 2 is 1.45 bits per heavy atom. The van der Waals surface area contributed by atoms with Crippen LogP contribution in [-0.2, 0) is 35.8 Å². The number of halogens is 4. The molecule has 1 aliphatic rings. The molecule has 10 heteroatoms. The molecule has 4 nitrogen and oxygen atoms in total. The van der Waals surface area contributed by atoms with Gasteiger partial charge in [0.2, 0.25) is 5.76 Å².